The SMILES string of the molecule is N=C1N=C(N)c2ccccc21.O=C(O)CCC(=O)O. The van der Waals surface area contributed by atoms with Crippen molar-refractivity contribution >= 4 is 23.6 Å². The van der Waals surface area contributed by atoms with Crippen molar-refractivity contribution in [1.82, 2.24) is 0 Å². The van der Waals surface area contributed by atoms with Gasteiger partial charge in [0.1, 0.15) is 5.84 Å². The maximum absolute atomic E-state index is 9.64. The van der Waals surface area contributed by atoms with Crippen LogP contribution in [-0.4, -0.2) is 33.8 Å². The van der Waals surface area contributed by atoms with Crippen LogP contribution in [0.5, 0.6) is 0 Å². The van der Waals surface area contributed by atoms with Crippen LogP contribution >= 0.6 is 0 Å². The van der Waals surface area contributed by atoms with E-state index in [2.05, 4.69) is 4.99 Å². The zero-order valence-corrected chi connectivity index (χ0v) is 9.96. The summed E-state index contributed by atoms with van der Waals surface area (Å²) in [6.07, 6.45) is -0.593. The summed E-state index contributed by atoms with van der Waals surface area (Å²) in [4.78, 5) is 23.1. The van der Waals surface area contributed by atoms with Gasteiger partial charge in [-0.3, -0.25) is 15.0 Å². The van der Waals surface area contributed by atoms with Crippen LogP contribution in [0.3, 0.4) is 0 Å². The molecule has 0 bridgehead atoms. The normalized spacial score (nSPS) is 12.0. The molecule has 0 saturated carbocycles. The minimum Gasteiger partial charge on any atom is -0.481 e. The lowest BCUT2D eigenvalue weighted by Crippen LogP contribution is -2.09. The third kappa shape index (κ3) is 4.23. The van der Waals surface area contributed by atoms with Crippen LogP contribution in [0.15, 0.2) is 29.3 Å². The zero-order valence-electron chi connectivity index (χ0n) is 9.96. The number of hydrogen-bond donors (Lipinski definition) is 4. The maximum Gasteiger partial charge on any atom is 0.303 e. The molecule has 0 unspecified atom stereocenters. The molecule has 19 heavy (non-hydrogen) atoms. The molecule has 7 heteroatoms. The number of aliphatic carboxylic acids is 2. The Bertz CT molecular complexity index is 538. The first-order chi connectivity index (χ1) is 8.91. The fourth-order valence-electron chi connectivity index (χ4n) is 1.37. The van der Waals surface area contributed by atoms with Gasteiger partial charge in [0.15, 0.2) is 5.84 Å². The smallest absolute Gasteiger partial charge is 0.303 e. The highest BCUT2D eigenvalue weighted by Crippen LogP contribution is 2.15. The second-order valence-corrected chi connectivity index (χ2v) is 3.68. The average molecular weight is 263 g/mol. The van der Waals surface area contributed by atoms with Gasteiger partial charge < -0.3 is 15.9 Å². The molecule has 0 amide bonds. The molecule has 1 aliphatic rings. The number of amidine groups is 2. The van der Waals surface area contributed by atoms with Crippen LogP contribution < -0.4 is 5.73 Å². The first kappa shape index (κ1) is 14.4. The van der Waals surface area contributed by atoms with Crippen LogP contribution in [0.4, 0.5) is 0 Å². The Morgan fingerprint density at radius 3 is 2.00 bits per heavy atom. The van der Waals surface area contributed by atoms with Crippen molar-refractivity contribution in [3.05, 3.63) is 35.4 Å². The van der Waals surface area contributed by atoms with E-state index >= 15 is 0 Å². The number of rotatable bonds is 3. The van der Waals surface area contributed by atoms with Gasteiger partial charge in [0.2, 0.25) is 0 Å². The van der Waals surface area contributed by atoms with Crippen LogP contribution in [-0.2, 0) is 9.59 Å². The lowest BCUT2D eigenvalue weighted by atomic mass is 10.1. The van der Waals surface area contributed by atoms with Gasteiger partial charge in [0, 0.05) is 11.1 Å². The number of nitrogens with zero attached hydrogens (tertiary/aromatic N) is 1. The number of aliphatic imine (C=N–C) groups is 1. The molecule has 100 valence electrons. The molecule has 0 spiro atoms. The Labute approximate surface area is 108 Å². The monoisotopic (exact) mass is 263 g/mol. The summed E-state index contributed by atoms with van der Waals surface area (Å²) in [6.45, 7) is 0. The van der Waals surface area contributed by atoms with Crippen molar-refractivity contribution in [2.24, 2.45) is 10.7 Å². The highest BCUT2D eigenvalue weighted by atomic mass is 16.4. The van der Waals surface area contributed by atoms with Crippen molar-refractivity contribution < 1.29 is 19.8 Å². The first-order valence-corrected chi connectivity index (χ1v) is 5.38. The molecular formula is C12H13N3O4. The predicted octanol–water partition coefficient (Wildman–Crippen LogP) is 0.667. The van der Waals surface area contributed by atoms with Crippen molar-refractivity contribution in [3.8, 4) is 0 Å². The number of fused-ring (bicyclic) bond motifs is 1. The lowest BCUT2D eigenvalue weighted by Gasteiger charge is -1.94. The molecule has 1 heterocycles. The Morgan fingerprint density at radius 1 is 1.11 bits per heavy atom. The molecule has 0 fully saturated rings. The molecule has 0 radical (unpaired) electrons. The molecule has 0 saturated heterocycles. The van der Waals surface area contributed by atoms with E-state index in [0.717, 1.165) is 11.1 Å². The van der Waals surface area contributed by atoms with E-state index in [-0.39, 0.29) is 18.7 Å². The Kier molecular flexibility index (Phi) is 4.76. The fourth-order valence-corrected chi connectivity index (χ4v) is 1.37. The standard InChI is InChI=1S/C8H7N3.C4H6O4/c9-7-5-3-1-2-4-6(5)8(10)11-7;5-3(6)1-2-4(7)8/h1-4H,(H3,9,10,11);1-2H2,(H,5,6)(H,7,8). The van der Waals surface area contributed by atoms with Gasteiger partial charge >= 0.3 is 11.9 Å². The number of hydrogen-bond acceptors (Lipinski definition) is 4. The Hall–Kier alpha value is -2.70. The molecule has 1 aromatic carbocycles. The van der Waals surface area contributed by atoms with Crippen molar-refractivity contribution in [1.29, 1.82) is 5.41 Å². The summed E-state index contributed by atoms with van der Waals surface area (Å²) in [5.74, 6) is -1.44. The van der Waals surface area contributed by atoms with Crippen LogP contribution in [0, 0.1) is 5.41 Å². The minimum absolute atomic E-state index is 0.262. The highest BCUT2D eigenvalue weighted by molar-refractivity contribution is 6.20. The molecule has 0 aromatic heterocycles. The summed E-state index contributed by atoms with van der Waals surface area (Å²) in [7, 11) is 0. The molecule has 2 rings (SSSR count). The van der Waals surface area contributed by atoms with Crippen molar-refractivity contribution in [3.63, 3.8) is 0 Å². The number of benzene rings is 1. The van der Waals surface area contributed by atoms with Gasteiger partial charge in [-0.1, -0.05) is 24.3 Å². The number of carboxylic acids is 2. The lowest BCUT2D eigenvalue weighted by molar-refractivity contribution is -0.143. The summed E-state index contributed by atoms with van der Waals surface area (Å²) >= 11 is 0. The number of carboxylic acid groups (broad SMARTS) is 2. The molecule has 0 aliphatic carbocycles. The minimum atomic E-state index is -1.08. The Balaban J connectivity index is 0.000000203. The summed E-state index contributed by atoms with van der Waals surface area (Å²) in [5, 5.41) is 23.2. The molecule has 5 N–H and O–H groups in total. The summed E-state index contributed by atoms with van der Waals surface area (Å²) in [6, 6.07) is 7.48. The predicted molar refractivity (Wildman–Crippen MR) is 68.5 cm³/mol. The maximum atomic E-state index is 9.64. The van der Waals surface area contributed by atoms with Crippen molar-refractivity contribution in [2.45, 2.75) is 12.8 Å². The summed E-state index contributed by atoms with van der Waals surface area (Å²) in [5.41, 5.74) is 7.24. The molecule has 1 aromatic rings. The molecule has 1 aliphatic heterocycles. The van der Waals surface area contributed by atoms with Gasteiger partial charge in [-0.25, -0.2) is 4.99 Å². The van der Waals surface area contributed by atoms with E-state index in [1.165, 1.54) is 0 Å². The quantitative estimate of drug-likeness (QED) is 0.635. The average Bonchev–Trinajstić information content (AvgIpc) is 2.64. The van der Waals surface area contributed by atoms with Gasteiger partial charge in [-0.2, -0.15) is 0 Å². The molecule has 7 nitrogen and oxygen atoms in total. The van der Waals surface area contributed by atoms with E-state index in [0.29, 0.717) is 5.84 Å². The van der Waals surface area contributed by atoms with Crippen LogP contribution in [0.25, 0.3) is 0 Å². The third-order valence-corrected chi connectivity index (χ3v) is 2.24. The second-order valence-electron chi connectivity index (χ2n) is 3.68. The van der Waals surface area contributed by atoms with Gasteiger partial charge in [-0.15, -0.1) is 0 Å². The number of nitrogens with two attached hydrogens (primary N) is 1. The largest absolute Gasteiger partial charge is 0.481 e. The van der Waals surface area contributed by atoms with Gasteiger partial charge in [0.05, 0.1) is 12.8 Å². The molecule has 0 atom stereocenters. The van der Waals surface area contributed by atoms with E-state index < -0.39 is 11.9 Å². The van der Waals surface area contributed by atoms with Crippen LogP contribution in [0.1, 0.15) is 24.0 Å². The zero-order chi connectivity index (χ0) is 14.4. The van der Waals surface area contributed by atoms with Gasteiger partial charge in [0.25, 0.3) is 0 Å². The van der Waals surface area contributed by atoms with Gasteiger partial charge in [-0.05, 0) is 0 Å². The third-order valence-electron chi connectivity index (χ3n) is 2.24. The number of nitrogens with one attached hydrogen (secondary N) is 1. The highest BCUT2D eigenvalue weighted by Gasteiger charge is 2.16. The topological polar surface area (TPSA) is 137 Å². The van der Waals surface area contributed by atoms with E-state index in [1.807, 2.05) is 24.3 Å². The first-order valence-electron chi connectivity index (χ1n) is 5.38. The fraction of sp³-hybridized carbons (Fsp3) is 0.167. The summed E-state index contributed by atoms with van der Waals surface area (Å²) < 4.78 is 0. The van der Waals surface area contributed by atoms with E-state index in [1.54, 1.807) is 0 Å². The molecular weight excluding hydrogens is 250 g/mol. The Morgan fingerprint density at radius 2 is 1.58 bits per heavy atom. The van der Waals surface area contributed by atoms with E-state index in [4.69, 9.17) is 21.4 Å². The van der Waals surface area contributed by atoms with Crippen molar-refractivity contribution in [2.75, 3.05) is 0 Å². The second kappa shape index (κ2) is 6.29. The van der Waals surface area contributed by atoms with E-state index in [9.17, 15) is 9.59 Å². The number of carbonyl (C=O) groups is 2. The van der Waals surface area contributed by atoms with Crippen LogP contribution in [0.2, 0.25) is 0 Å².